The number of nitrogens with one attached hydrogen (secondary N) is 1. The number of hydrogen-bond donors (Lipinski definition) is 1. The fourth-order valence-electron chi connectivity index (χ4n) is 3.84. The summed E-state index contributed by atoms with van der Waals surface area (Å²) in [5.41, 5.74) is 1.09. The summed E-state index contributed by atoms with van der Waals surface area (Å²) in [6.07, 6.45) is 3.23. The molecule has 11 heteroatoms. The SMILES string of the molecule is CCCCOc1ccc(N2C(=O)NC(=O)/C(=C/c3cc(Cl)c(OCc4ccc(Cl)cc4Cl)c(OC)c3)C2=O)cc1. The van der Waals surface area contributed by atoms with Crippen LogP contribution in [0.4, 0.5) is 10.5 Å². The molecule has 1 aliphatic rings. The molecule has 4 rings (SSSR count). The lowest BCUT2D eigenvalue weighted by molar-refractivity contribution is -0.122. The quantitative estimate of drug-likeness (QED) is 0.151. The molecule has 0 aromatic heterocycles. The van der Waals surface area contributed by atoms with E-state index in [0.29, 0.717) is 33.5 Å². The molecule has 8 nitrogen and oxygen atoms in total. The summed E-state index contributed by atoms with van der Waals surface area (Å²) >= 11 is 18.7. The molecule has 1 heterocycles. The van der Waals surface area contributed by atoms with Gasteiger partial charge in [0, 0.05) is 15.6 Å². The summed E-state index contributed by atoms with van der Waals surface area (Å²) in [7, 11) is 1.43. The second-order valence-electron chi connectivity index (χ2n) is 8.71. The Kier molecular flexibility index (Phi) is 9.58. The molecule has 0 unspecified atom stereocenters. The van der Waals surface area contributed by atoms with E-state index >= 15 is 0 Å². The molecule has 0 spiro atoms. The number of halogens is 3. The number of hydrogen-bond acceptors (Lipinski definition) is 6. The van der Waals surface area contributed by atoms with E-state index in [1.807, 2.05) is 0 Å². The highest BCUT2D eigenvalue weighted by Gasteiger charge is 2.37. The van der Waals surface area contributed by atoms with Gasteiger partial charge in [-0.15, -0.1) is 0 Å². The number of rotatable bonds is 10. The van der Waals surface area contributed by atoms with Crippen molar-refractivity contribution in [1.29, 1.82) is 0 Å². The normalized spacial score (nSPS) is 14.4. The summed E-state index contributed by atoms with van der Waals surface area (Å²) in [5, 5.41) is 3.31. The van der Waals surface area contributed by atoms with Gasteiger partial charge in [-0.05, 0) is 66.6 Å². The lowest BCUT2D eigenvalue weighted by Gasteiger charge is -2.26. The highest BCUT2D eigenvalue weighted by Crippen LogP contribution is 2.38. The summed E-state index contributed by atoms with van der Waals surface area (Å²) in [6.45, 7) is 2.71. The average Bonchev–Trinajstić information content (AvgIpc) is 2.92. The Morgan fingerprint density at radius 1 is 0.925 bits per heavy atom. The maximum Gasteiger partial charge on any atom is 0.335 e. The van der Waals surface area contributed by atoms with Crippen LogP contribution in [-0.4, -0.2) is 31.6 Å². The van der Waals surface area contributed by atoms with Gasteiger partial charge in [0.25, 0.3) is 11.8 Å². The van der Waals surface area contributed by atoms with E-state index in [2.05, 4.69) is 12.2 Å². The summed E-state index contributed by atoms with van der Waals surface area (Å²) in [4.78, 5) is 39.4. The molecule has 40 heavy (non-hydrogen) atoms. The molecule has 0 atom stereocenters. The monoisotopic (exact) mass is 602 g/mol. The maximum atomic E-state index is 13.3. The number of barbiturate groups is 1. The standard InChI is InChI=1S/C29H25Cl3N2O6/c1-3-4-11-39-21-9-7-20(8-10-21)34-28(36)22(27(35)33-29(34)37)12-17-13-24(32)26(25(14-17)38-2)40-16-18-5-6-19(30)15-23(18)31/h5-10,12-15H,3-4,11,16H2,1-2H3,(H,33,35,37)/b22-12-. The number of anilines is 1. The van der Waals surface area contributed by atoms with Gasteiger partial charge in [-0.25, -0.2) is 9.69 Å². The molecule has 4 amide bonds. The van der Waals surface area contributed by atoms with Crippen LogP contribution in [0.15, 0.2) is 60.2 Å². The molecule has 1 aliphatic heterocycles. The molecule has 0 saturated carbocycles. The van der Waals surface area contributed by atoms with Crippen LogP contribution in [0.3, 0.4) is 0 Å². The fourth-order valence-corrected chi connectivity index (χ4v) is 4.57. The van der Waals surface area contributed by atoms with Crippen LogP contribution in [0, 0.1) is 0 Å². The van der Waals surface area contributed by atoms with Crippen LogP contribution in [0.5, 0.6) is 17.2 Å². The van der Waals surface area contributed by atoms with Crippen molar-refractivity contribution >= 4 is 64.4 Å². The lowest BCUT2D eigenvalue weighted by Crippen LogP contribution is -2.54. The highest BCUT2D eigenvalue weighted by molar-refractivity contribution is 6.39. The Hall–Kier alpha value is -3.72. The Bertz CT molecular complexity index is 1470. The number of imide groups is 2. The molecule has 3 aromatic carbocycles. The predicted octanol–water partition coefficient (Wildman–Crippen LogP) is 7.08. The summed E-state index contributed by atoms with van der Waals surface area (Å²) in [5.74, 6) is -0.509. The molecule has 1 saturated heterocycles. The van der Waals surface area contributed by atoms with E-state index in [1.165, 1.54) is 19.3 Å². The zero-order valence-corrected chi connectivity index (χ0v) is 23.9. The summed E-state index contributed by atoms with van der Waals surface area (Å²) in [6, 6.07) is 13.7. The number of carbonyl (C=O) groups is 3. The molecule has 1 N–H and O–H groups in total. The number of amides is 4. The Labute approximate surface area is 246 Å². The first-order valence-electron chi connectivity index (χ1n) is 12.3. The number of unbranched alkanes of at least 4 members (excludes halogenated alkanes) is 1. The maximum absolute atomic E-state index is 13.3. The molecular weight excluding hydrogens is 579 g/mol. The van der Waals surface area contributed by atoms with Gasteiger partial charge in [-0.1, -0.05) is 54.2 Å². The van der Waals surface area contributed by atoms with E-state index in [4.69, 9.17) is 49.0 Å². The van der Waals surface area contributed by atoms with Crippen molar-refractivity contribution in [1.82, 2.24) is 5.32 Å². The van der Waals surface area contributed by atoms with Crippen molar-refractivity contribution < 1.29 is 28.6 Å². The minimum atomic E-state index is -0.855. The summed E-state index contributed by atoms with van der Waals surface area (Å²) < 4.78 is 17.0. The van der Waals surface area contributed by atoms with Crippen LogP contribution in [0.1, 0.15) is 30.9 Å². The van der Waals surface area contributed by atoms with Gasteiger partial charge in [-0.2, -0.15) is 0 Å². The van der Waals surface area contributed by atoms with Crippen LogP contribution >= 0.6 is 34.8 Å². The molecular formula is C29H25Cl3N2O6. The van der Waals surface area contributed by atoms with Crippen molar-refractivity contribution in [2.75, 3.05) is 18.6 Å². The van der Waals surface area contributed by atoms with Gasteiger partial charge in [0.1, 0.15) is 17.9 Å². The van der Waals surface area contributed by atoms with Crippen molar-refractivity contribution in [3.05, 3.63) is 86.4 Å². The first-order chi connectivity index (χ1) is 19.2. The van der Waals surface area contributed by atoms with Gasteiger partial charge in [0.15, 0.2) is 11.5 Å². The van der Waals surface area contributed by atoms with Crippen LogP contribution < -0.4 is 24.4 Å². The molecule has 0 radical (unpaired) electrons. The van der Waals surface area contributed by atoms with Gasteiger partial charge in [0.2, 0.25) is 0 Å². The second kappa shape index (κ2) is 13.1. The van der Waals surface area contributed by atoms with Crippen molar-refractivity contribution in [2.24, 2.45) is 0 Å². The Morgan fingerprint density at radius 2 is 1.68 bits per heavy atom. The van der Waals surface area contributed by atoms with Crippen molar-refractivity contribution in [2.45, 2.75) is 26.4 Å². The van der Waals surface area contributed by atoms with E-state index in [9.17, 15) is 14.4 Å². The van der Waals surface area contributed by atoms with E-state index < -0.39 is 17.8 Å². The first kappa shape index (κ1) is 29.3. The van der Waals surface area contributed by atoms with Crippen LogP contribution in [0.25, 0.3) is 6.08 Å². The Morgan fingerprint density at radius 3 is 2.35 bits per heavy atom. The minimum Gasteiger partial charge on any atom is -0.494 e. The molecule has 0 aliphatic carbocycles. The zero-order chi connectivity index (χ0) is 28.8. The fraction of sp³-hybridized carbons (Fsp3) is 0.207. The van der Waals surface area contributed by atoms with Crippen molar-refractivity contribution in [3.63, 3.8) is 0 Å². The van der Waals surface area contributed by atoms with E-state index in [0.717, 1.165) is 17.7 Å². The van der Waals surface area contributed by atoms with Gasteiger partial charge in [-0.3, -0.25) is 14.9 Å². The average molecular weight is 604 g/mol. The molecule has 0 bridgehead atoms. The third-order valence-electron chi connectivity index (χ3n) is 5.91. The smallest absolute Gasteiger partial charge is 0.335 e. The number of carbonyl (C=O) groups excluding carboxylic acids is 3. The van der Waals surface area contributed by atoms with Gasteiger partial charge < -0.3 is 14.2 Å². The number of urea groups is 1. The third-order valence-corrected chi connectivity index (χ3v) is 6.78. The lowest BCUT2D eigenvalue weighted by atomic mass is 10.1. The number of nitrogens with zero attached hydrogens (tertiary/aromatic N) is 1. The minimum absolute atomic E-state index is 0.0902. The number of ether oxygens (including phenoxy) is 3. The molecule has 1 fully saturated rings. The topological polar surface area (TPSA) is 94.2 Å². The first-order valence-corrected chi connectivity index (χ1v) is 13.4. The third kappa shape index (κ3) is 6.70. The zero-order valence-electron chi connectivity index (χ0n) is 21.6. The largest absolute Gasteiger partial charge is 0.494 e. The molecule has 3 aromatic rings. The van der Waals surface area contributed by atoms with E-state index in [-0.39, 0.29) is 34.4 Å². The van der Waals surface area contributed by atoms with Crippen LogP contribution in [-0.2, 0) is 16.2 Å². The van der Waals surface area contributed by atoms with Gasteiger partial charge in [0.05, 0.1) is 24.4 Å². The second-order valence-corrected chi connectivity index (χ2v) is 9.96. The van der Waals surface area contributed by atoms with Crippen LogP contribution in [0.2, 0.25) is 15.1 Å². The van der Waals surface area contributed by atoms with Gasteiger partial charge >= 0.3 is 6.03 Å². The van der Waals surface area contributed by atoms with E-state index in [1.54, 1.807) is 48.5 Å². The highest BCUT2D eigenvalue weighted by atomic mass is 35.5. The predicted molar refractivity (Wildman–Crippen MR) is 155 cm³/mol. The Balaban J connectivity index is 1.57. The molecule has 208 valence electrons. The number of benzene rings is 3. The number of methoxy groups -OCH3 is 1. The van der Waals surface area contributed by atoms with Crippen molar-refractivity contribution in [3.8, 4) is 17.2 Å².